The van der Waals surface area contributed by atoms with E-state index in [1.54, 1.807) is 0 Å². The highest BCUT2D eigenvalue weighted by Crippen LogP contribution is 2.43. The van der Waals surface area contributed by atoms with Crippen molar-refractivity contribution < 1.29 is 9.90 Å². The third kappa shape index (κ3) is 7.76. The molecule has 0 aromatic heterocycles. The number of rotatable bonds is 11. The molecule has 2 fully saturated rings. The summed E-state index contributed by atoms with van der Waals surface area (Å²) in [5.41, 5.74) is 0.634. The Morgan fingerprint density at radius 2 is 1.46 bits per heavy atom. The number of allylic oxidation sites excluding steroid dienone is 3. The molecule has 0 aromatic carbocycles. The van der Waals surface area contributed by atoms with Crippen LogP contribution in [0.2, 0.25) is 0 Å². The first-order valence-electron chi connectivity index (χ1n) is 12.3. The van der Waals surface area contributed by atoms with Gasteiger partial charge in [-0.25, -0.2) is 4.79 Å². The molecule has 160 valence electrons. The second-order valence-electron chi connectivity index (χ2n) is 9.36. The van der Waals surface area contributed by atoms with E-state index < -0.39 is 5.97 Å². The Morgan fingerprint density at radius 1 is 0.857 bits per heavy atom. The third-order valence-electron chi connectivity index (χ3n) is 7.38. The fourth-order valence-electron chi connectivity index (χ4n) is 5.58. The van der Waals surface area contributed by atoms with Crippen LogP contribution in [0, 0.1) is 23.7 Å². The molecule has 2 rings (SSSR count). The van der Waals surface area contributed by atoms with Gasteiger partial charge >= 0.3 is 5.97 Å². The monoisotopic (exact) mass is 388 g/mol. The van der Waals surface area contributed by atoms with E-state index in [2.05, 4.69) is 13.8 Å². The molecule has 0 bridgehead atoms. The van der Waals surface area contributed by atoms with E-state index >= 15 is 0 Å². The summed E-state index contributed by atoms with van der Waals surface area (Å²) in [7, 11) is 0. The molecule has 0 heterocycles. The molecule has 2 aliphatic rings. The molecule has 28 heavy (non-hydrogen) atoms. The topological polar surface area (TPSA) is 37.3 Å². The first-order valence-corrected chi connectivity index (χ1v) is 12.3. The van der Waals surface area contributed by atoms with Gasteiger partial charge in [-0.2, -0.15) is 0 Å². The van der Waals surface area contributed by atoms with E-state index in [1.807, 2.05) is 18.2 Å². The Kier molecular flexibility index (Phi) is 11.0. The number of carbonyl (C=O) groups is 1. The number of carboxylic acids is 1. The Balaban J connectivity index is 1.70. The Morgan fingerprint density at radius 3 is 2.04 bits per heavy atom. The van der Waals surface area contributed by atoms with Gasteiger partial charge in [-0.05, 0) is 68.6 Å². The van der Waals surface area contributed by atoms with Crippen LogP contribution in [-0.2, 0) is 4.79 Å². The molecule has 0 aliphatic heterocycles. The second kappa shape index (κ2) is 13.2. The molecule has 1 N–H and O–H groups in total. The van der Waals surface area contributed by atoms with Crippen molar-refractivity contribution in [3.05, 3.63) is 23.8 Å². The highest BCUT2D eigenvalue weighted by atomic mass is 16.4. The van der Waals surface area contributed by atoms with Crippen LogP contribution in [0.3, 0.4) is 0 Å². The molecular formula is C26H44O2. The van der Waals surface area contributed by atoms with Gasteiger partial charge < -0.3 is 5.11 Å². The van der Waals surface area contributed by atoms with Crippen LogP contribution in [0.15, 0.2) is 23.8 Å². The van der Waals surface area contributed by atoms with Crippen LogP contribution in [0.5, 0.6) is 0 Å². The molecule has 0 spiro atoms. The van der Waals surface area contributed by atoms with Gasteiger partial charge in [-0.1, -0.05) is 83.4 Å². The van der Waals surface area contributed by atoms with Gasteiger partial charge in [0.25, 0.3) is 0 Å². The van der Waals surface area contributed by atoms with Gasteiger partial charge in [0, 0.05) is 5.57 Å². The SMILES string of the molecule is CCC=CC=C(C(=O)O)[C@H]1CC[C@H]([C@H]2CC[C@H](CCCCCCC)CC2)CC1. The lowest BCUT2D eigenvalue weighted by molar-refractivity contribution is -0.133. The Hall–Kier alpha value is -1.05. The van der Waals surface area contributed by atoms with E-state index in [4.69, 9.17) is 0 Å². The number of carboxylic acid groups (broad SMARTS) is 1. The highest BCUT2D eigenvalue weighted by Gasteiger charge is 2.32. The third-order valence-corrected chi connectivity index (χ3v) is 7.38. The summed E-state index contributed by atoms with van der Waals surface area (Å²) in [5.74, 6) is 2.29. The van der Waals surface area contributed by atoms with E-state index in [0.29, 0.717) is 5.57 Å². The zero-order valence-electron chi connectivity index (χ0n) is 18.5. The van der Waals surface area contributed by atoms with Crippen molar-refractivity contribution in [1.29, 1.82) is 0 Å². The molecule has 2 saturated carbocycles. The fraction of sp³-hybridized carbons (Fsp3) is 0.808. The standard InChI is InChI=1S/C26H44O2/c1-3-5-7-8-10-11-21-13-15-22(16-14-21)23-17-19-24(20-18-23)25(26(27)28)12-9-6-4-2/h6,9,12,21-24H,3-5,7-8,10-11,13-20H2,1-2H3,(H,27,28)/t21-,22-,23-,24-. The number of aliphatic carboxylic acids is 1. The lowest BCUT2D eigenvalue weighted by atomic mass is 9.67. The van der Waals surface area contributed by atoms with Crippen molar-refractivity contribution in [2.75, 3.05) is 0 Å². The van der Waals surface area contributed by atoms with Gasteiger partial charge in [0.2, 0.25) is 0 Å². The summed E-state index contributed by atoms with van der Waals surface area (Å²) < 4.78 is 0. The van der Waals surface area contributed by atoms with E-state index in [-0.39, 0.29) is 5.92 Å². The largest absolute Gasteiger partial charge is 0.478 e. The van der Waals surface area contributed by atoms with Crippen molar-refractivity contribution in [2.45, 2.75) is 110 Å². The quantitative estimate of drug-likeness (QED) is 0.221. The molecule has 0 amide bonds. The zero-order chi connectivity index (χ0) is 20.2. The van der Waals surface area contributed by atoms with Gasteiger partial charge in [-0.15, -0.1) is 0 Å². The molecule has 2 heteroatoms. The fourth-order valence-corrected chi connectivity index (χ4v) is 5.58. The highest BCUT2D eigenvalue weighted by molar-refractivity contribution is 5.87. The predicted molar refractivity (Wildman–Crippen MR) is 119 cm³/mol. The normalized spacial score (nSPS) is 29.3. The predicted octanol–water partition coefficient (Wildman–Crippen LogP) is 7.94. The van der Waals surface area contributed by atoms with Crippen molar-refractivity contribution in [3.8, 4) is 0 Å². The van der Waals surface area contributed by atoms with E-state index in [0.717, 1.165) is 37.0 Å². The maximum Gasteiger partial charge on any atom is 0.331 e. The van der Waals surface area contributed by atoms with Gasteiger partial charge in [0.1, 0.15) is 0 Å². The zero-order valence-corrected chi connectivity index (χ0v) is 18.5. The molecule has 0 aromatic rings. The summed E-state index contributed by atoms with van der Waals surface area (Å²) in [6.45, 7) is 4.37. The first-order chi connectivity index (χ1) is 13.7. The molecule has 0 radical (unpaired) electrons. The number of unbranched alkanes of at least 4 members (excludes halogenated alkanes) is 4. The average Bonchev–Trinajstić information content (AvgIpc) is 2.72. The van der Waals surface area contributed by atoms with Crippen LogP contribution >= 0.6 is 0 Å². The smallest absolute Gasteiger partial charge is 0.331 e. The van der Waals surface area contributed by atoms with Gasteiger partial charge in [0.15, 0.2) is 0 Å². The lowest BCUT2D eigenvalue weighted by Gasteiger charge is -2.38. The minimum Gasteiger partial charge on any atom is -0.478 e. The van der Waals surface area contributed by atoms with Crippen LogP contribution in [0.4, 0.5) is 0 Å². The second-order valence-corrected chi connectivity index (χ2v) is 9.36. The van der Waals surface area contributed by atoms with Gasteiger partial charge in [-0.3, -0.25) is 0 Å². The maximum atomic E-state index is 11.7. The van der Waals surface area contributed by atoms with E-state index in [1.165, 1.54) is 77.0 Å². The van der Waals surface area contributed by atoms with Crippen LogP contribution in [-0.4, -0.2) is 11.1 Å². The first kappa shape index (κ1) is 23.2. The molecule has 0 saturated heterocycles. The Bertz CT molecular complexity index is 489. The van der Waals surface area contributed by atoms with Crippen molar-refractivity contribution in [2.24, 2.45) is 23.7 Å². The number of hydrogen-bond donors (Lipinski definition) is 1. The summed E-state index contributed by atoms with van der Waals surface area (Å²) in [5, 5.41) is 9.58. The van der Waals surface area contributed by atoms with Crippen LogP contribution in [0.1, 0.15) is 110 Å². The summed E-state index contributed by atoms with van der Waals surface area (Å²) in [4.78, 5) is 11.7. The maximum absolute atomic E-state index is 11.7. The lowest BCUT2D eigenvalue weighted by Crippen LogP contribution is -2.27. The van der Waals surface area contributed by atoms with Gasteiger partial charge in [0.05, 0.1) is 0 Å². The van der Waals surface area contributed by atoms with Crippen molar-refractivity contribution >= 4 is 5.97 Å². The number of hydrogen-bond acceptors (Lipinski definition) is 1. The summed E-state index contributed by atoms with van der Waals surface area (Å²) in [6, 6.07) is 0. The molecule has 0 atom stereocenters. The molecule has 2 nitrogen and oxygen atoms in total. The minimum atomic E-state index is -0.719. The minimum absolute atomic E-state index is 0.259. The molecule has 2 aliphatic carbocycles. The van der Waals surface area contributed by atoms with Crippen molar-refractivity contribution in [3.63, 3.8) is 0 Å². The van der Waals surface area contributed by atoms with Crippen LogP contribution in [0.25, 0.3) is 0 Å². The Labute approximate surface area is 173 Å². The molecule has 0 unspecified atom stereocenters. The molecular weight excluding hydrogens is 344 g/mol. The van der Waals surface area contributed by atoms with Crippen LogP contribution < -0.4 is 0 Å². The summed E-state index contributed by atoms with van der Waals surface area (Å²) in [6.07, 6.45) is 25.6. The summed E-state index contributed by atoms with van der Waals surface area (Å²) >= 11 is 0. The average molecular weight is 389 g/mol. The van der Waals surface area contributed by atoms with E-state index in [9.17, 15) is 9.90 Å². The van der Waals surface area contributed by atoms with Crippen molar-refractivity contribution in [1.82, 2.24) is 0 Å².